The minimum Gasteiger partial charge on any atom is -0.466 e. The van der Waals surface area contributed by atoms with E-state index >= 15 is 0 Å². The first kappa shape index (κ1) is 21.1. The van der Waals surface area contributed by atoms with Crippen molar-refractivity contribution < 1.29 is 14.3 Å². The zero-order valence-electron chi connectivity index (χ0n) is 19.2. The van der Waals surface area contributed by atoms with Gasteiger partial charge in [-0.3, -0.25) is 9.69 Å². The van der Waals surface area contributed by atoms with Crippen LogP contribution < -0.4 is 20.3 Å². The highest BCUT2D eigenvalue weighted by atomic mass is 16.5. The van der Waals surface area contributed by atoms with Crippen molar-refractivity contribution in [3.8, 4) is 5.75 Å². The number of urea groups is 1. The smallest absolute Gasteiger partial charge is 0.325 e. The molecular weight excluding hydrogens is 414 g/mol. The molecule has 0 saturated carbocycles. The largest absolute Gasteiger partial charge is 0.466 e. The van der Waals surface area contributed by atoms with E-state index in [1.165, 1.54) is 0 Å². The highest BCUT2D eigenvalue weighted by Gasteiger charge is 2.60. The van der Waals surface area contributed by atoms with Crippen LogP contribution in [0.2, 0.25) is 0 Å². The van der Waals surface area contributed by atoms with Crippen LogP contribution >= 0.6 is 0 Å². The van der Waals surface area contributed by atoms with Crippen molar-refractivity contribution in [1.82, 2.24) is 5.32 Å². The quantitative estimate of drug-likeness (QED) is 0.583. The lowest BCUT2D eigenvalue weighted by molar-refractivity contribution is -0.131. The fraction of sp³-hybridized carbons (Fsp3) is 0.259. The molecule has 3 aromatic rings. The molecule has 2 aliphatic rings. The van der Waals surface area contributed by atoms with Crippen LogP contribution in [-0.2, 0) is 4.79 Å². The topological polar surface area (TPSA) is 70.7 Å². The van der Waals surface area contributed by atoms with Gasteiger partial charge in [-0.25, -0.2) is 4.79 Å². The van der Waals surface area contributed by atoms with Gasteiger partial charge in [0.15, 0.2) is 0 Å². The van der Waals surface area contributed by atoms with Crippen LogP contribution in [0.15, 0.2) is 66.7 Å². The van der Waals surface area contributed by atoms with Crippen LogP contribution in [0.25, 0.3) is 0 Å². The lowest BCUT2D eigenvalue weighted by atomic mass is 9.78. The average Bonchev–Trinajstić information content (AvgIpc) is 2.75. The zero-order chi connectivity index (χ0) is 23.3. The molecule has 2 bridgehead atoms. The van der Waals surface area contributed by atoms with Gasteiger partial charge in [0.05, 0.1) is 6.04 Å². The van der Waals surface area contributed by atoms with Crippen LogP contribution in [0.5, 0.6) is 5.75 Å². The molecule has 0 aromatic heterocycles. The third kappa shape index (κ3) is 3.42. The van der Waals surface area contributed by atoms with E-state index < -0.39 is 17.7 Å². The number of ether oxygens (including phenoxy) is 1. The van der Waals surface area contributed by atoms with Crippen LogP contribution in [0.3, 0.4) is 0 Å². The normalized spacial score (nSPS) is 23.3. The minimum absolute atomic E-state index is 0.207. The Balaban J connectivity index is 1.62. The number of hydrogen-bond acceptors (Lipinski definition) is 3. The second-order valence-corrected chi connectivity index (χ2v) is 9.08. The summed E-state index contributed by atoms with van der Waals surface area (Å²) in [4.78, 5) is 28.7. The van der Waals surface area contributed by atoms with Crippen LogP contribution in [0, 0.1) is 26.7 Å². The predicted molar refractivity (Wildman–Crippen MR) is 128 cm³/mol. The molecule has 1 fully saturated rings. The number of carbonyl (C=O) groups is 2. The molecule has 3 amide bonds. The number of carbonyl (C=O) groups excluding carboxylic acids is 2. The summed E-state index contributed by atoms with van der Waals surface area (Å²) in [5, 5.41) is 6.18. The van der Waals surface area contributed by atoms with Crippen molar-refractivity contribution in [3.05, 3.63) is 89.0 Å². The second-order valence-electron chi connectivity index (χ2n) is 9.08. The summed E-state index contributed by atoms with van der Waals surface area (Å²) < 4.78 is 6.49. The predicted octanol–water partition coefficient (Wildman–Crippen LogP) is 5.25. The number of benzene rings is 3. The van der Waals surface area contributed by atoms with Gasteiger partial charge in [-0.2, -0.15) is 0 Å². The number of aryl methyl sites for hydroxylation is 3. The third-order valence-electron chi connectivity index (χ3n) is 6.59. The molecule has 2 heterocycles. The Bertz CT molecular complexity index is 1270. The first-order chi connectivity index (χ1) is 15.8. The summed E-state index contributed by atoms with van der Waals surface area (Å²) in [6, 6.07) is 20.3. The van der Waals surface area contributed by atoms with Gasteiger partial charge in [0.25, 0.3) is 0 Å². The van der Waals surface area contributed by atoms with E-state index in [1.54, 1.807) is 4.90 Å². The molecule has 2 aliphatic heterocycles. The van der Waals surface area contributed by atoms with E-state index in [0.29, 0.717) is 11.4 Å². The van der Waals surface area contributed by atoms with Crippen LogP contribution in [0.4, 0.5) is 16.2 Å². The summed E-state index contributed by atoms with van der Waals surface area (Å²) >= 11 is 0. The average molecular weight is 442 g/mol. The summed E-state index contributed by atoms with van der Waals surface area (Å²) in [6.45, 7) is 7.78. The molecule has 0 spiro atoms. The molecule has 1 saturated heterocycles. The Labute approximate surface area is 193 Å². The number of nitrogens with one attached hydrogen (secondary N) is 2. The summed E-state index contributed by atoms with van der Waals surface area (Å²) in [5.74, 6) is -0.230. The molecule has 0 aliphatic carbocycles. The van der Waals surface area contributed by atoms with E-state index in [0.717, 1.165) is 27.9 Å². The van der Waals surface area contributed by atoms with Gasteiger partial charge in [-0.15, -0.1) is 0 Å². The molecule has 0 unspecified atom stereocenters. The highest BCUT2D eigenvalue weighted by molar-refractivity contribution is 6.01. The summed E-state index contributed by atoms with van der Waals surface area (Å²) in [6.07, 6.45) is 0. The lowest BCUT2D eigenvalue weighted by Crippen LogP contribution is -2.72. The number of hydrogen-bond donors (Lipinski definition) is 2. The first-order valence-corrected chi connectivity index (χ1v) is 11.1. The SMILES string of the molecule is Cc1cccc(N2C(=O)N[C@H]3c4ccccc4O[C@@]2(C)[C@@H]3C(=O)Nc2ccc(C)cc2C)c1. The number of anilines is 2. The monoisotopic (exact) mass is 441 g/mol. The van der Waals surface area contributed by atoms with E-state index in [4.69, 9.17) is 4.74 Å². The maximum absolute atomic E-state index is 13.8. The van der Waals surface area contributed by atoms with Crippen LogP contribution in [0.1, 0.15) is 35.2 Å². The van der Waals surface area contributed by atoms with Gasteiger partial charge in [-0.05, 0) is 63.1 Å². The van der Waals surface area contributed by atoms with Gasteiger partial charge in [0, 0.05) is 16.9 Å². The summed E-state index contributed by atoms with van der Waals surface area (Å²) in [7, 11) is 0. The number of para-hydroxylation sites is 1. The standard InChI is InChI=1S/C27H27N3O3/c1-16-8-7-9-19(15-16)30-26(32)29-24-20-10-5-6-11-22(20)33-27(30,4)23(24)25(31)28-21-13-12-17(2)14-18(21)3/h5-15,23-24H,1-4H3,(H,28,31)(H,29,32)/t23-,24-,27-/m0/s1. The zero-order valence-corrected chi connectivity index (χ0v) is 19.2. The Morgan fingerprint density at radius 3 is 2.52 bits per heavy atom. The Morgan fingerprint density at radius 2 is 1.76 bits per heavy atom. The molecule has 3 aromatic carbocycles. The van der Waals surface area contributed by atoms with Crippen LogP contribution in [-0.4, -0.2) is 17.7 Å². The number of nitrogens with zero attached hydrogens (tertiary/aromatic N) is 1. The Hall–Kier alpha value is -3.80. The molecule has 5 rings (SSSR count). The molecule has 168 valence electrons. The Morgan fingerprint density at radius 1 is 1.00 bits per heavy atom. The lowest BCUT2D eigenvalue weighted by Gasteiger charge is -2.54. The van der Waals surface area contributed by atoms with Crippen molar-refractivity contribution in [2.45, 2.75) is 39.5 Å². The number of fused-ring (bicyclic) bond motifs is 4. The highest BCUT2D eigenvalue weighted by Crippen LogP contribution is 2.49. The number of amides is 3. The Kier molecular flexibility index (Phi) is 4.89. The molecule has 2 N–H and O–H groups in total. The van der Waals surface area contributed by atoms with Crippen molar-refractivity contribution in [3.63, 3.8) is 0 Å². The third-order valence-corrected chi connectivity index (χ3v) is 6.59. The molecule has 6 nitrogen and oxygen atoms in total. The molecule has 0 radical (unpaired) electrons. The van der Waals surface area contributed by atoms with Gasteiger partial charge in [0.1, 0.15) is 11.7 Å². The number of rotatable bonds is 3. The van der Waals surface area contributed by atoms with E-state index in [-0.39, 0.29) is 11.9 Å². The maximum Gasteiger partial charge on any atom is 0.325 e. The van der Waals surface area contributed by atoms with Crippen molar-refractivity contribution >= 4 is 23.3 Å². The van der Waals surface area contributed by atoms with E-state index in [9.17, 15) is 9.59 Å². The molecule has 6 heteroatoms. The van der Waals surface area contributed by atoms with Crippen molar-refractivity contribution in [2.24, 2.45) is 5.92 Å². The van der Waals surface area contributed by atoms with Crippen molar-refractivity contribution in [1.29, 1.82) is 0 Å². The maximum atomic E-state index is 13.8. The summed E-state index contributed by atoms with van der Waals surface area (Å²) in [5.41, 5.74) is 4.12. The van der Waals surface area contributed by atoms with E-state index in [2.05, 4.69) is 10.6 Å². The van der Waals surface area contributed by atoms with E-state index in [1.807, 2.05) is 94.4 Å². The minimum atomic E-state index is -1.22. The molecule has 33 heavy (non-hydrogen) atoms. The van der Waals surface area contributed by atoms with Gasteiger partial charge < -0.3 is 15.4 Å². The second kappa shape index (κ2) is 7.66. The van der Waals surface area contributed by atoms with Gasteiger partial charge in [-0.1, -0.05) is 48.0 Å². The fourth-order valence-corrected chi connectivity index (χ4v) is 5.05. The molecular formula is C27H27N3O3. The fourth-order valence-electron chi connectivity index (χ4n) is 5.05. The van der Waals surface area contributed by atoms with Gasteiger partial charge in [0.2, 0.25) is 11.6 Å². The van der Waals surface area contributed by atoms with Gasteiger partial charge >= 0.3 is 6.03 Å². The molecule has 3 atom stereocenters. The first-order valence-electron chi connectivity index (χ1n) is 11.1. The van der Waals surface area contributed by atoms with Crippen molar-refractivity contribution in [2.75, 3.05) is 10.2 Å².